The second-order valence-corrected chi connectivity index (χ2v) is 4.95. The first kappa shape index (κ1) is 15.8. The Morgan fingerprint density at radius 1 is 1.35 bits per heavy atom. The summed E-state index contributed by atoms with van der Waals surface area (Å²) in [4.78, 5) is 22.7. The van der Waals surface area contributed by atoms with E-state index in [0.29, 0.717) is 0 Å². The number of halogens is 1. The van der Waals surface area contributed by atoms with Gasteiger partial charge in [0.15, 0.2) is 5.78 Å². The highest BCUT2D eigenvalue weighted by atomic mass is 79.9. The van der Waals surface area contributed by atoms with Gasteiger partial charge in [-0.1, -0.05) is 0 Å². The van der Waals surface area contributed by atoms with Gasteiger partial charge in [-0.25, -0.2) is 4.79 Å². The monoisotopic (exact) mass is 308 g/mol. The van der Waals surface area contributed by atoms with Crippen LogP contribution in [0.25, 0.3) is 0 Å². The van der Waals surface area contributed by atoms with Gasteiger partial charge in [0.1, 0.15) is 10.1 Å². The highest BCUT2D eigenvalue weighted by Crippen LogP contribution is 2.10. The fraction of sp³-hybridized carbons (Fsp3) is 0.600. The third-order valence-electron chi connectivity index (χ3n) is 1.47. The Labute approximate surface area is 109 Å². The number of hydrogen-bond acceptors (Lipinski definition) is 5. The van der Waals surface area contributed by atoms with Crippen molar-refractivity contribution >= 4 is 27.8 Å². The van der Waals surface area contributed by atoms with Gasteiger partial charge in [-0.15, -0.1) is 0 Å². The van der Waals surface area contributed by atoms with Crippen molar-refractivity contribution < 1.29 is 19.1 Å². The van der Waals surface area contributed by atoms with Gasteiger partial charge in [0.05, 0.1) is 13.7 Å². The zero-order valence-corrected chi connectivity index (χ0v) is 11.9. The van der Waals surface area contributed by atoms with Crippen molar-refractivity contribution in [2.24, 2.45) is 5.73 Å². The summed E-state index contributed by atoms with van der Waals surface area (Å²) in [7, 11) is 1.34. The molecule has 0 atom stereocenters. The molecular weight excluding hydrogens is 292 g/mol. The lowest BCUT2D eigenvalue weighted by Gasteiger charge is -2.19. The Bertz CT molecular complexity index is 334. The molecule has 0 unspecified atom stereocenters. The Balaban J connectivity index is 4.23. The number of rotatable bonds is 4. The number of methoxy groups -OCH3 is 1. The molecule has 98 valence electrons. The van der Waals surface area contributed by atoms with E-state index in [2.05, 4.69) is 26.0 Å². The molecule has 0 aliphatic rings. The quantitative estimate of drug-likeness (QED) is 0.602. The summed E-state index contributed by atoms with van der Waals surface area (Å²) in [5.41, 5.74) is 4.77. The number of amides is 1. The van der Waals surface area contributed by atoms with Crippen LogP contribution in [0.4, 0.5) is 4.79 Å². The molecule has 0 bridgehead atoms. The van der Waals surface area contributed by atoms with Gasteiger partial charge in [0.2, 0.25) is 5.88 Å². The first-order chi connectivity index (χ1) is 7.67. The van der Waals surface area contributed by atoms with Gasteiger partial charge < -0.3 is 20.5 Å². The van der Waals surface area contributed by atoms with Crippen LogP contribution < -0.4 is 11.1 Å². The third kappa shape index (κ3) is 6.83. The average Bonchev–Trinajstić information content (AvgIpc) is 2.21. The molecule has 0 radical (unpaired) electrons. The van der Waals surface area contributed by atoms with Gasteiger partial charge in [-0.2, -0.15) is 0 Å². The zero-order chi connectivity index (χ0) is 13.6. The summed E-state index contributed by atoms with van der Waals surface area (Å²) in [5.74, 6) is -0.448. The highest BCUT2D eigenvalue weighted by molar-refractivity contribution is 9.12. The second kappa shape index (κ2) is 6.48. The van der Waals surface area contributed by atoms with Crippen LogP contribution >= 0.6 is 15.9 Å². The number of ketones is 1. The van der Waals surface area contributed by atoms with E-state index < -0.39 is 17.5 Å². The normalized spacial score (nSPS) is 12.5. The first-order valence-corrected chi connectivity index (χ1v) is 5.66. The molecule has 6 nitrogen and oxygen atoms in total. The molecule has 7 heteroatoms. The molecule has 0 aromatic carbocycles. The number of carbonyl (C=O) groups excluding carboxylic acids is 2. The molecule has 0 aromatic heterocycles. The highest BCUT2D eigenvalue weighted by Gasteiger charge is 2.18. The van der Waals surface area contributed by atoms with Crippen LogP contribution in [-0.2, 0) is 14.3 Å². The van der Waals surface area contributed by atoms with Gasteiger partial charge in [-0.3, -0.25) is 4.79 Å². The average molecular weight is 309 g/mol. The minimum atomic E-state index is -0.665. The number of nitrogens with two attached hydrogens (primary N) is 1. The molecule has 0 rings (SSSR count). The van der Waals surface area contributed by atoms with Crippen LogP contribution in [0.15, 0.2) is 10.4 Å². The van der Waals surface area contributed by atoms with Crippen molar-refractivity contribution in [1.82, 2.24) is 5.32 Å². The maximum absolute atomic E-state index is 11.5. The van der Waals surface area contributed by atoms with E-state index in [9.17, 15) is 9.59 Å². The smallest absolute Gasteiger partial charge is 0.408 e. The lowest BCUT2D eigenvalue weighted by atomic mass is 10.2. The van der Waals surface area contributed by atoms with E-state index in [-0.39, 0.29) is 16.9 Å². The van der Waals surface area contributed by atoms with E-state index in [1.165, 1.54) is 7.11 Å². The van der Waals surface area contributed by atoms with Crippen molar-refractivity contribution in [3.8, 4) is 0 Å². The van der Waals surface area contributed by atoms with Gasteiger partial charge in [0, 0.05) is 0 Å². The fourth-order valence-electron chi connectivity index (χ4n) is 0.771. The summed E-state index contributed by atoms with van der Waals surface area (Å²) < 4.78 is 9.70. The summed E-state index contributed by atoms with van der Waals surface area (Å²) in [6.45, 7) is 4.97. The summed E-state index contributed by atoms with van der Waals surface area (Å²) in [5, 5.41) is 2.31. The number of Topliss-reactive ketones (excluding diaryl/α,β-unsaturated/α-hetero) is 1. The summed E-state index contributed by atoms with van der Waals surface area (Å²) in [6.07, 6.45) is -0.665. The molecule has 0 saturated heterocycles. The molecular formula is C10H17BrN2O4. The Morgan fingerprint density at radius 2 is 1.88 bits per heavy atom. The first-order valence-electron chi connectivity index (χ1n) is 4.86. The van der Waals surface area contributed by atoms with Gasteiger partial charge in [-0.05, 0) is 36.7 Å². The van der Waals surface area contributed by atoms with Crippen molar-refractivity contribution in [2.75, 3.05) is 13.7 Å². The third-order valence-corrected chi connectivity index (χ3v) is 2.31. The molecule has 0 saturated carbocycles. The number of ether oxygens (including phenoxy) is 2. The largest absolute Gasteiger partial charge is 0.482 e. The molecule has 17 heavy (non-hydrogen) atoms. The minimum Gasteiger partial charge on any atom is -0.482 e. The topological polar surface area (TPSA) is 90.6 Å². The van der Waals surface area contributed by atoms with Crippen molar-refractivity contribution in [3.05, 3.63) is 10.4 Å². The Kier molecular flexibility index (Phi) is 6.01. The lowest BCUT2D eigenvalue weighted by Crippen LogP contribution is -2.35. The molecule has 0 spiro atoms. The van der Waals surface area contributed by atoms with E-state index in [1.54, 1.807) is 20.8 Å². The van der Waals surface area contributed by atoms with E-state index in [1.807, 2.05) is 0 Å². The number of hydrogen-bond donors (Lipinski definition) is 2. The maximum Gasteiger partial charge on any atom is 0.408 e. The standard InChI is InChI=1S/C10H17BrN2O4/c1-10(2,3)17-9(15)13-5-6(14)7(11)8(12)16-4/h5,12H2,1-4H3,(H,13,15). The number of carbonyl (C=O) groups is 2. The van der Waals surface area contributed by atoms with Gasteiger partial charge in [0.25, 0.3) is 0 Å². The van der Waals surface area contributed by atoms with Crippen LogP contribution in [0.3, 0.4) is 0 Å². The molecule has 1 amide bonds. The van der Waals surface area contributed by atoms with Crippen LogP contribution in [0, 0.1) is 0 Å². The van der Waals surface area contributed by atoms with Crippen LogP contribution in [0.1, 0.15) is 20.8 Å². The predicted molar refractivity (Wildman–Crippen MR) is 66.4 cm³/mol. The number of alkyl carbamates (subject to hydrolysis) is 1. The van der Waals surface area contributed by atoms with Crippen LogP contribution in [0.2, 0.25) is 0 Å². The van der Waals surface area contributed by atoms with E-state index in [4.69, 9.17) is 10.5 Å². The fourth-order valence-corrected chi connectivity index (χ4v) is 1.07. The molecule has 0 aliphatic carbocycles. The SMILES string of the molecule is COC(N)=C(Br)C(=O)CNC(=O)OC(C)(C)C. The van der Waals surface area contributed by atoms with Crippen molar-refractivity contribution in [2.45, 2.75) is 26.4 Å². The maximum atomic E-state index is 11.5. The molecule has 0 aliphatic heterocycles. The van der Waals surface area contributed by atoms with Crippen molar-refractivity contribution in [3.63, 3.8) is 0 Å². The lowest BCUT2D eigenvalue weighted by molar-refractivity contribution is -0.114. The van der Waals surface area contributed by atoms with E-state index in [0.717, 1.165) is 0 Å². The molecule has 0 heterocycles. The minimum absolute atomic E-state index is 0.0408. The predicted octanol–water partition coefficient (Wildman–Crippen LogP) is 1.25. The van der Waals surface area contributed by atoms with E-state index >= 15 is 0 Å². The van der Waals surface area contributed by atoms with Crippen LogP contribution in [0.5, 0.6) is 0 Å². The zero-order valence-electron chi connectivity index (χ0n) is 10.3. The molecule has 0 fully saturated rings. The van der Waals surface area contributed by atoms with Crippen molar-refractivity contribution in [1.29, 1.82) is 0 Å². The summed E-state index contributed by atoms with van der Waals surface area (Å²) in [6, 6.07) is 0. The summed E-state index contributed by atoms with van der Waals surface area (Å²) >= 11 is 2.97. The Morgan fingerprint density at radius 3 is 2.29 bits per heavy atom. The molecule has 3 N–H and O–H groups in total. The number of nitrogens with one attached hydrogen (secondary N) is 1. The molecule has 0 aromatic rings. The second-order valence-electron chi connectivity index (χ2n) is 4.16. The van der Waals surface area contributed by atoms with Crippen LogP contribution in [-0.4, -0.2) is 31.1 Å². The Hall–Kier alpha value is -1.24. The van der Waals surface area contributed by atoms with Gasteiger partial charge >= 0.3 is 6.09 Å².